The van der Waals surface area contributed by atoms with E-state index in [2.05, 4.69) is 49.2 Å². The molecule has 8 aromatic carbocycles. The summed E-state index contributed by atoms with van der Waals surface area (Å²) in [5.74, 6) is 2.84. The van der Waals surface area contributed by atoms with E-state index in [1.807, 2.05) is 221 Å². The van der Waals surface area contributed by atoms with E-state index in [1.54, 1.807) is 95.3 Å². The van der Waals surface area contributed by atoms with Crippen molar-refractivity contribution < 1.29 is 35.7 Å². The van der Waals surface area contributed by atoms with Gasteiger partial charge in [-0.25, -0.2) is 4.79 Å². The van der Waals surface area contributed by atoms with Crippen molar-refractivity contribution in [2.24, 2.45) is 0 Å². The quantitative estimate of drug-likeness (QED) is 0.0384. The number of thioether (sulfide) groups is 5. The zero-order chi connectivity index (χ0) is 84.4. The number of benzene rings is 8. The van der Waals surface area contributed by atoms with E-state index < -0.39 is 28.6 Å². The first-order valence-electron chi connectivity index (χ1n) is 37.9. The van der Waals surface area contributed by atoms with Gasteiger partial charge in [-0.05, 0) is 119 Å². The number of nitrogens with zero attached hydrogens (tertiary/aromatic N) is 9. The van der Waals surface area contributed by atoms with Gasteiger partial charge in [0.05, 0.1) is 34.5 Å². The smallest absolute Gasteiger partial charge is 0.325 e. The SMILES string of the molecule is CCn1c(-c2cccc(Cl)c2)c[nH]c1=O.OC1(c2ccccc2)CSC(=S)N1Cc1ccc2[nH]ccc2c1.OC1(c2ccccc2)CSC(=S)N1Cc1cccnc1.OC1(c2ccccc2)CSC(=S)N1Cc1ccncc1.Oc1cccc(C2(O)CSC(=S)N2Cc2ccccc2)c1.Oc1cccc(C2(O)CSC(=S)N2Cc2cccnc2)c1. The normalized spacial score (nSPS) is 20.4. The number of fused-ring (bicyclic) bond motifs is 1. The van der Waals surface area contributed by atoms with Gasteiger partial charge in [0, 0.05) is 133 Å². The zero-order valence-electron chi connectivity index (χ0n) is 64.7. The molecule has 0 bridgehead atoms. The van der Waals surface area contributed by atoms with Gasteiger partial charge in [0.25, 0.3) is 0 Å². The lowest BCUT2D eigenvalue weighted by Gasteiger charge is -2.34. The summed E-state index contributed by atoms with van der Waals surface area (Å²) in [5, 5.41) is 76.6. The minimum Gasteiger partial charge on any atom is -0.508 e. The highest BCUT2D eigenvalue weighted by molar-refractivity contribution is 8.24. The Bertz CT molecular complexity index is 5510. The number of phenolic OH excluding ortho intramolecular Hbond substituents is 2. The first-order valence-corrected chi connectivity index (χ1v) is 45.2. The topological polar surface area (TPSA) is 250 Å². The molecular formula is C90H84ClN11O8S10. The Hall–Kier alpha value is -9.35. The number of nitrogens with one attached hydrogen (secondary N) is 2. The van der Waals surface area contributed by atoms with Crippen molar-refractivity contribution in [3.63, 3.8) is 0 Å². The van der Waals surface area contributed by atoms with Gasteiger partial charge < -0.3 is 70.2 Å². The minimum absolute atomic E-state index is 0.0903. The average Bonchev–Trinajstić information content (AvgIpc) is 1.64. The molecule has 614 valence electrons. The van der Waals surface area contributed by atoms with Crippen LogP contribution in [0.25, 0.3) is 22.2 Å². The van der Waals surface area contributed by atoms with Crippen molar-refractivity contribution in [3.8, 4) is 22.8 Å². The van der Waals surface area contributed by atoms with Gasteiger partial charge in [0.1, 0.15) is 33.1 Å². The number of thiocarbonyl (C=S) groups is 5. The fourth-order valence-corrected chi connectivity index (χ4v) is 21.2. The minimum atomic E-state index is -1.21. The van der Waals surface area contributed by atoms with Crippen LogP contribution in [0, 0.1) is 0 Å². The summed E-state index contributed by atoms with van der Waals surface area (Å²) >= 11 is 40.4. The van der Waals surface area contributed by atoms with Crippen LogP contribution in [-0.2, 0) is 67.9 Å². The van der Waals surface area contributed by atoms with Gasteiger partial charge in [0.2, 0.25) is 0 Å². The second kappa shape index (κ2) is 40.6. The fourth-order valence-electron chi connectivity index (χ4n) is 13.9. The van der Waals surface area contributed by atoms with E-state index in [9.17, 15) is 40.5 Å². The number of phenols is 2. The summed E-state index contributed by atoms with van der Waals surface area (Å²) < 4.78 is 5.18. The van der Waals surface area contributed by atoms with Crippen molar-refractivity contribution in [3.05, 3.63) is 376 Å². The molecule has 5 unspecified atom stereocenters. The molecule has 120 heavy (non-hydrogen) atoms. The van der Waals surface area contributed by atoms with Crippen LogP contribution in [0.15, 0.2) is 309 Å². The molecule has 9 N–H and O–H groups in total. The number of rotatable bonds is 17. The number of hydrogen-bond acceptors (Lipinski definition) is 21. The van der Waals surface area contributed by atoms with Crippen molar-refractivity contribution in [1.82, 2.24) is 54.0 Å². The standard InChI is InChI=1S/C18H16N2OS2.C16H15NO2S2.C15H14N2O2S2.2C15H14N2OS2.C11H11ClN2O/c21-18(15-4-2-1-3-5-15)12-23-17(22)20(18)11-13-6-7-16-14(10-13)8-9-19-16;18-14-8-4-7-13(9-14)16(19)11-21-15(20)17(16)10-12-5-2-1-3-6-12;18-13-5-1-4-12(7-13)15(19)10-21-14(20)17(15)9-11-3-2-6-16-8-11;18-15(13-6-2-1-3-7-13)11-20-14(19)17(15)10-12-5-4-8-16-9-12;18-15(13-4-2-1-3-5-13)11-20-14(19)17(15)10-12-6-8-16-9-7-12;1-2-14-10(7-13-11(14)15)8-4-3-5-9(12)6-8/h1-10,19,21H,11-12H2;1-9,18-19H,10-11H2;1-8,18-19H,9-10H2;2*1-9,18H,10-11H2;3-7H,2H2,1H3,(H,13,15). The molecule has 5 saturated heterocycles. The highest BCUT2D eigenvalue weighted by Gasteiger charge is 2.48. The third-order valence-electron chi connectivity index (χ3n) is 20.3. The zero-order valence-corrected chi connectivity index (χ0v) is 73.6. The molecule has 0 spiro atoms. The fraction of sp³-hybridized carbons (Fsp3) is 0.189. The Morgan fingerprint density at radius 3 is 1.16 bits per heavy atom. The van der Waals surface area contributed by atoms with Crippen LogP contribution < -0.4 is 5.69 Å². The number of H-pyrrole nitrogens is 2. The van der Waals surface area contributed by atoms with E-state index >= 15 is 0 Å². The molecule has 13 aromatic rings. The molecule has 10 heterocycles. The maximum Gasteiger partial charge on any atom is 0.325 e. The molecule has 30 heteroatoms. The lowest BCUT2D eigenvalue weighted by Crippen LogP contribution is -2.44. The van der Waals surface area contributed by atoms with Gasteiger partial charge in [-0.2, -0.15) is 0 Å². The molecular weight excluding hydrogens is 1720 g/mol. The molecule has 5 aliphatic rings. The molecule has 0 radical (unpaired) electrons. The predicted octanol–water partition coefficient (Wildman–Crippen LogP) is 17.4. The van der Waals surface area contributed by atoms with Crippen LogP contribution >= 0.6 is 131 Å². The summed E-state index contributed by atoms with van der Waals surface area (Å²) in [6.07, 6.45) is 14.2. The number of pyridine rings is 3. The summed E-state index contributed by atoms with van der Waals surface area (Å²) in [6, 6.07) is 79.8. The highest BCUT2D eigenvalue weighted by Crippen LogP contribution is 2.46. The van der Waals surface area contributed by atoms with Crippen LogP contribution in [0.4, 0.5) is 0 Å². The van der Waals surface area contributed by atoms with Crippen LogP contribution in [-0.4, -0.2) is 140 Å². The molecule has 18 rings (SSSR count). The third-order valence-corrected chi connectivity index (χ3v) is 28.5. The number of halogens is 1. The second-order valence-corrected chi connectivity index (χ2v) is 36.7. The number of imidazole rings is 1. The van der Waals surface area contributed by atoms with E-state index in [1.165, 1.54) is 64.2 Å². The number of aliphatic hydroxyl groups is 5. The Morgan fingerprint density at radius 1 is 0.383 bits per heavy atom. The summed E-state index contributed by atoms with van der Waals surface area (Å²) in [4.78, 5) is 38.8. The molecule has 19 nitrogen and oxygen atoms in total. The summed E-state index contributed by atoms with van der Waals surface area (Å²) in [6.45, 7) is 5.33. The van der Waals surface area contributed by atoms with Crippen LogP contribution in [0.2, 0.25) is 5.02 Å². The largest absolute Gasteiger partial charge is 0.508 e. The van der Waals surface area contributed by atoms with Crippen molar-refractivity contribution in [2.45, 2.75) is 74.8 Å². The Balaban J connectivity index is 0.000000125. The molecule has 0 aliphatic carbocycles. The average molecular weight is 1800 g/mol. The molecule has 5 aliphatic heterocycles. The van der Waals surface area contributed by atoms with Crippen molar-refractivity contribution in [1.29, 1.82) is 0 Å². The van der Waals surface area contributed by atoms with E-state index in [0.29, 0.717) is 92.8 Å². The second-order valence-electron chi connectivity index (χ2n) is 28.2. The Labute approximate surface area is 749 Å². The van der Waals surface area contributed by atoms with Crippen LogP contribution in [0.1, 0.15) is 62.6 Å². The maximum absolute atomic E-state index is 11.4. The van der Waals surface area contributed by atoms with Crippen LogP contribution in [0.5, 0.6) is 11.5 Å². The lowest BCUT2D eigenvalue weighted by molar-refractivity contribution is -0.0513. The maximum atomic E-state index is 11.4. The Morgan fingerprint density at radius 2 is 0.758 bits per heavy atom. The van der Waals surface area contributed by atoms with Gasteiger partial charge >= 0.3 is 5.69 Å². The highest BCUT2D eigenvalue weighted by atomic mass is 35.5. The summed E-state index contributed by atoms with van der Waals surface area (Å²) in [7, 11) is 0. The first-order chi connectivity index (χ1) is 58.0. The van der Waals surface area contributed by atoms with Crippen molar-refractivity contribution in [2.75, 3.05) is 28.8 Å². The molecule has 5 aromatic heterocycles. The van der Waals surface area contributed by atoms with Gasteiger partial charge in [-0.1, -0.05) is 307 Å². The Kier molecular flexibility index (Phi) is 29.9. The van der Waals surface area contributed by atoms with Gasteiger partial charge in [-0.3, -0.25) is 19.5 Å². The predicted molar refractivity (Wildman–Crippen MR) is 507 cm³/mol. The number of aromatic amines is 2. The monoisotopic (exact) mass is 1800 g/mol. The van der Waals surface area contributed by atoms with E-state index in [4.69, 9.17) is 72.7 Å². The van der Waals surface area contributed by atoms with Crippen LogP contribution in [0.3, 0.4) is 0 Å². The molecule has 5 atom stereocenters. The number of aromatic hydroxyl groups is 2. The number of hydrogen-bond donors (Lipinski definition) is 9. The summed E-state index contributed by atoms with van der Waals surface area (Å²) in [5.41, 5.74) is 6.56. The van der Waals surface area contributed by atoms with Gasteiger partial charge in [-0.15, -0.1) is 0 Å². The van der Waals surface area contributed by atoms with Gasteiger partial charge in [0.15, 0.2) is 28.6 Å². The number of aromatic nitrogens is 6. The lowest BCUT2D eigenvalue weighted by atomic mass is 10.0. The third kappa shape index (κ3) is 21.0. The molecule has 5 fully saturated rings. The van der Waals surface area contributed by atoms with Crippen molar-refractivity contribution >= 4 is 164 Å². The molecule has 0 amide bonds. The first kappa shape index (κ1) is 88.4. The van der Waals surface area contributed by atoms with E-state index in [0.717, 1.165) is 74.2 Å². The van der Waals surface area contributed by atoms with E-state index in [-0.39, 0.29) is 17.2 Å². The molecule has 0 saturated carbocycles.